The standard InChI is InChI=1S/C23H23ClN2O3S/c24-22-10-4-3-8-20(22)16-30(28,29)26-13-5-9-19(15-26)23(27)25-21-12-11-17-6-1-2-7-18(17)14-21/h1-4,6-8,10-12,14,19H,5,9,13,15-16H2,(H,25,27)/t19-/m1/s1. The summed E-state index contributed by atoms with van der Waals surface area (Å²) in [6.45, 7) is 0.610. The molecular formula is C23H23ClN2O3S. The second kappa shape index (κ2) is 8.76. The van der Waals surface area contributed by atoms with E-state index in [1.165, 1.54) is 4.31 Å². The van der Waals surface area contributed by atoms with Gasteiger partial charge in [0, 0.05) is 23.8 Å². The number of benzene rings is 3. The molecule has 0 spiro atoms. The Hall–Kier alpha value is -2.41. The lowest BCUT2D eigenvalue weighted by atomic mass is 9.98. The van der Waals surface area contributed by atoms with Crippen LogP contribution in [0.2, 0.25) is 5.02 Å². The van der Waals surface area contributed by atoms with E-state index in [-0.39, 0.29) is 24.1 Å². The molecule has 3 aromatic rings. The zero-order chi connectivity index (χ0) is 21.1. The fourth-order valence-corrected chi connectivity index (χ4v) is 5.75. The molecule has 1 saturated heterocycles. The molecule has 1 aliphatic heterocycles. The van der Waals surface area contributed by atoms with Crippen molar-refractivity contribution in [3.8, 4) is 0 Å². The quantitative estimate of drug-likeness (QED) is 0.624. The van der Waals surface area contributed by atoms with Crippen LogP contribution in [0.3, 0.4) is 0 Å². The molecule has 0 radical (unpaired) electrons. The van der Waals surface area contributed by atoms with E-state index in [1.807, 2.05) is 42.5 Å². The predicted octanol–water partition coefficient (Wildman–Crippen LogP) is 4.67. The average Bonchev–Trinajstić information content (AvgIpc) is 2.75. The van der Waals surface area contributed by atoms with Crippen LogP contribution in [0.25, 0.3) is 10.8 Å². The van der Waals surface area contributed by atoms with Crippen LogP contribution in [0.4, 0.5) is 5.69 Å². The number of fused-ring (bicyclic) bond motifs is 1. The summed E-state index contributed by atoms with van der Waals surface area (Å²) in [6, 6.07) is 20.6. The van der Waals surface area contributed by atoms with E-state index >= 15 is 0 Å². The van der Waals surface area contributed by atoms with Crippen molar-refractivity contribution in [2.24, 2.45) is 5.92 Å². The van der Waals surface area contributed by atoms with E-state index in [0.717, 1.165) is 16.5 Å². The van der Waals surface area contributed by atoms with Crippen molar-refractivity contribution in [2.75, 3.05) is 18.4 Å². The summed E-state index contributed by atoms with van der Waals surface area (Å²) in [7, 11) is -3.56. The number of nitrogens with zero attached hydrogens (tertiary/aromatic N) is 1. The van der Waals surface area contributed by atoms with Gasteiger partial charge in [0.1, 0.15) is 0 Å². The molecule has 1 aliphatic rings. The van der Waals surface area contributed by atoms with Crippen molar-refractivity contribution >= 4 is 44.0 Å². The van der Waals surface area contributed by atoms with E-state index in [9.17, 15) is 13.2 Å². The number of piperidine rings is 1. The highest BCUT2D eigenvalue weighted by Gasteiger charge is 2.32. The number of sulfonamides is 1. The predicted molar refractivity (Wildman–Crippen MR) is 121 cm³/mol. The first-order valence-corrected chi connectivity index (χ1v) is 11.9. The molecule has 0 bridgehead atoms. The number of amides is 1. The first-order valence-electron chi connectivity index (χ1n) is 9.93. The van der Waals surface area contributed by atoms with E-state index in [0.29, 0.717) is 30.0 Å². The molecule has 0 aliphatic carbocycles. The Labute approximate surface area is 181 Å². The van der Waals surface area contributed by atoms with Crippen LogP contribution >= 0.6 is 11.6 Å². The summed E-state index contributed by atoms with van der Waals surface area (Å²) >= 11 is 6.13. The summed E-state index contributed by atoms with van der Waals surface area (Å²) in [5, 5.41) is 5.53. The van der Waals surface area contributed by atoms with Crippen LogP contribution in [-0.2, 0) is 20.6 Å². The lowest BCUT2D eigenvalue weighted by Gasteiger charge is -2.31. The van der Waals surface area contributed by atoms with E-state index in [2.05, 4.69) is 5.32 Å². The summed E-state index contributed by atoms with van der Waals surface area (Å²) in [4.78, 5) is 12.8. The zero-order valence-electron chi connectivity index (χ0n) is 16.4. The number of carbonyl (C=O) groups excluding carboxylic acids is 1. The van der Waals surface area contributed by atoms with Crippen LogP contribution < -0.4 is 5.32 Å². The smallest absolute Gasteiger partial charge is 0.228 e. The minimum atomic E-state index is -3.56. The molecule has 7 heteroatoms. The number of halogens is 1. The van der Waals surface area contributed by atoms with Crippen molar-refractivity contribution in [2.45, 2.75) is 18.6 Å². The van der Waals surface area contributed by atoms with Crippen molar-refractivity contribution in [3.63, 3.8) is 0 Å². The molecule has 0 unspecified atom stereocenters. The molecule has 30 heavy (non-hydrogen) atoms. The molecule has 1 fully saturated rings. The van der Waals surface area contributed by atoms with Crippen molar-refractivity contribution < 1.29 is 13.2 Å². The minimum Gasteiger partial charge on any atom is -0.326 e. The lowest BCUT2D eigenvalue weighted by Crippen LogP contribution is -2.44. The Bertz CT molecular complexity index is 1180. The molecule has 5 nitrogen and oxygen atoms in total. The number of nitrogens with one attached hydrogen (secondary N) is 1. The van der Waals surface area contributed by atoms with Gasteiger partial charge in [0.15, 0.2) is 0 Å². The Morgan fingerprint density at radius 1 is 1.03 bits per heavy atom. The van der Waals surface area contributed by atoms with Crippen molar-refractivity contribution in [3.05, 3.63) is 77.3 Å². The van der Waals surface area contributed by atoms with Crippen LogP contribution in [-0.4, -0.2) is 31.7 Å². The Kier molecular flexibility index (Phi) is 6.09. The molecule has 3 aromatic carbocycles. The third-order valence-electron chi connectivity index (χ3n) is 5.46. The molecule has 0 aromatic heterocycles. The maximum absolute atomic E-state index is 12.9. The largest absolute Gasteiger partial charge is 0.326 e. The maximum Gasteiger partial charge on any atom is 0.228 e. The average molecular weight is 443 g/mol. The van der Waals surface area contributed by atoms with Crippen molar-refractivity contribution in [1.29, 1.82) is 0 Å². The third-order valence-corrected chi connectivity index (χ3v) is 7.62. The molecule has 156 valence electrons. The van der Waals surface area contributed by atoms with Gasteiger partial charge >= 0.3 is 0 Å². The van der Waals surface area contributed by atoms with Gasteiger partial charge in [-0.15, -0.1) is 0 Å². The van der Waals surface area contributed by atoms with Gasteiger partial charge in [-0.1, -0.05) is 60.1 Å². The molecule has 1 amide bonds. The zero-order valence-corrected chi connectivity index (χ0v) is 18.0. The van der Waals surface area contributed by atoms with Crippen LogP contribution in [0.1, 0.15) is 18.4 Å². The topological polar surface area (TPSA) is 66.5 Å². The first kappa shape index (κ1) is 20.8. The molecule has 1 N–H and O–H groups in total. The van der Waals surface area contributed by atoms with Gasteiger partial charge in [-0.3, -0.25) is 4.79 Å². The molecule has 1 atom stereocenters. The van der Waals surface area contributed by atoms with Crippen LogP contribution in [0.5, 0.6) is 0 Å². The molecule has 1 heterocycles. The van der Waals surface area contributed by atoms with Gasteiger partial charge in [0.05, 0.1) is 11.7 Å². The molecular weight excluding hydrogens is 420 g/mol. The van der Waals surface area contributed by atoms with Gasteiger partial charge in [0.25, 0.3) is 0 Å². The van der Waals surface area contributed by atoms with Gasteiger partial charge < -0.3 is 5.32 Å². The molecule has 0 saturated carbocycles. The van der Waals surface area contributed by atoms with E-state index in [4.69, 9.17) is 11.6 Å². The summed E-state index contributed by atoms with van der Waals surface area (Å²) in [5.41, 5.74) is 1.29. The Morgan fingerprint density at radius 2 is 1.77 bits per heavy atom. The number of hydrogen-bond donors (Lipinski definition) is 1. The number of rotatable bonds is 5. The fraction of sp³-hybridized carbons (Fsp3) is 0.261. The normalized spacial score (nSPS) is 17.7. The second-order valence-corrected chi connectivity index (χ2v) is 9.97. The summed E-state index contributed by atoms with van der Waals surface area (Å²) in [5.74, 6) is -0.694. The Morgan fingerprint density at radius 3 is 2.57 bits per heavy atom. The lowest BCUT2D eigenvalue weighted by molar-refractivity contribution is -0.120. The maximum atomic E-state index is 12.9. The van der Waals surface area contributed by atoms with Gasteiger partial charge in [0.2, 0.25) is 15.9 Å². The SMILES string of the molecule is O=C(Nc1ccc2ccccc2c1)[C@@H]1CCCN(S(=O)(=O)Cc2ccccc2Cl)C1. The minimum absolute atomic E-state index is 0.150. The summed E-state index contributed by atoms with van der Waals surface area (Å²) in [6.07, 6.45) is 1.31. The highest BCUT2D eigenvalue weighted by Crippen LogP contribution is 2.26. The molecule has 4 rings (SSSR count). The third kappa shape index (κ3) is 4.67. The summed E-state index contributed by atoms with van der Waals surface area (Å²) < 4.78 is 27.3. The van der Waals surface area contributed by atoms with Crippen LogP contribution in [0.15, 0.2) is 66.7 Å². The highest BCUT2D eigenvalue weighted by atomic mass is 35.5. The van der Waals surface area contributed by atoms with E-state index in [1.54, 1.807) is 24.3 Å². The van der Waals surface area contributed by atoms with Gasteiger partial charge in [-0.2, -0.15) is 0 Å². The van der Waals surface area contributed by atoms with E-state index < -0.39 is 10.0 Å². The first-order chi connectivity index (χ1) is 14.4. The number of anilines is 1. The van der Waals surface area contributed by atoms with Crippen molar-refractivity contribution in [1.82, 2.24) is 4.31 Å². The highest BCUT2D eigenvalue weighted by molar-refractivity contribution is 7.88. The van der Waals surface area contributed by atoms with Crippen LogP contribution in [0, 0.1) is 5.92 Å². The van der Waals surface area contributed by atoms with Gasteiger partial charge in [-0.25, -0.2) is 12.7 Å². The number of hydrogen-bond acceptors (Lipinski definition) is 3. The Balaban J connectivity index is 1.44. The second-order valence-electron chi connectivity index (χ2n) is 7.60. The number of carbonyl (C=O) groups is 1. The monoisotopic (exact) mass is 442 g/mol. The van der Waals surface area contributed by atoms with Gasteiger partial charge in [-0.05, 0) is 47.4 Å². The fourth-order valence-electron chi connectivity index (χ4n) is 3.82.